The number of anilines is 1. The predicted molar refractivity (Wildman–Crippen MR) is 115 cm³/mol. The van der Waals surface area contributed by atoms with E-state index in [0.29, 0.717) is 0 Å². The molecule has 8 heteroatoms. The minimum absolute atomic E-state index is 0.0526. The molecule has 0 aliphatic heterocycles. The summed E-state index contributed by atoms with van der Waals surface area (Å²) in [6.45, 7) is 1.31. The third-order valence-electron chi connectivity index (χ3n) is 4.99. The number of halogens is 4. The van der Waals surface area contributed by atoms with Gasteiger partial charge in [-0.1, -0.05) is 60.7 Å². The van der Waals surface area contributed by atoms with Crippen LogP contribution in [0, 0.1) is 0 Å². The minimum Gasteiger partial charge on any atom is -0.463 e. The maximum Gasteiger partial charge on any atom is 0.416 e. The standard InChI is InChI=1S/C25H21F4NO3/c1-2-33-23(32)24(26,22(31)18-11-7-4-8-12-18)21(17-9-5-3-6-10-17)30-20-15-13-19(14-16-20)25(27,28)29/h3-16,21,30H,2H2,1H3. The molecule has 0 saturated carbocycles. The number of alkyl halides is 4. The van der Waals surface area contributed by atoms with Crippen LogP contribution in [0.2, 0.25) is 0 Å². The maximum absolute atomic E-state index is 16.7. The van der Waals surface area contributed by atoms with Crippen molar-refractivity contribution < 1.29 is 31.9 Å². The highest BCUT2D eigenvalue weighted by atomic mass is 19.4. The Hall–Kier alpha value is -3.68. The van der Waals surface area contributed by atoms with E-state index in [1.54, 1.807) is 24.3 Å². The number of nitrogens with one attached hydrogen (secondary N) is 1. The Labute approximate surface area is 188 Å². The Balaban J connectivity index is 2.11. The number of carbonyl (C=O) groups excluding carboxylic acids is 2. The van der Waals surface area contributed by atoms with Gasteiger partial charge in [0.25, 0.3) is 5.67 Å². The van der Waals surface area contributed by atoms with Gasteiger partial charge in [-0.05, 0) is 36.8 Å². The molecule has 2 unspecified atom stereocenters. The molecule has 3 aromatic rings. The number of Topliss-reactive ketones (excluding diaryl/α,β-unsaturated/α-hetero) is 1. The maximum atomic E-state index is 16.7. The second-order valence-corrected chi connectivity index (χ2v) is 7.19. The summed E-state index contributed by atoms with van der Waals surface area (Å²) in [4.78, 5) is 26.2. The van der Waals surface area contributed by atoms with Crippen molar-refractivity contribution in [1.29, 1.82) is 0 Å². The fourth-order valence-electron chi connectivity index (χ4n) is 3.36. The Bertz CT molecular complexity index is 1090. The minimum atomic E-state index is -4.55. The van der Waals surface area contributed by atoms with Gasteiger partial charge in [0, 0.05) is 11.3 Å². The highest BCUT2D eigenvalue weighted by molar-refractivity contribution is 6.16. The highest BCUT2D eigenvalue weighted by Crippen LogP contribution is 2.38. The number of ketones is 1. The topological polar surface area (TPSA) is 55.4 Å². The van der Waals surface area contributed by atoms with E-state index in [0.717, 1.165) is 24.3 Å². The van der Waals surface area contributed by atoms with Crippen molar-refractivity contribution in [3.63, 3.8) is 0 Å². The molecule has 0 aromatic heterocycles. The number of carbonyl (C=O) groups is 2. The van der Waals surface area contributed by atoms with E-state index in [-0.39, 0.29) is 23.4 Å². The lowest BCUT2D eigenvalue weighted by atomic mass is 9.83. The van der Waals surface area contributed by atoms with Gasteiger partial charge in [0.2, 0.25) is 5.78 Å². The second-order valence-electron chi connectivity index (χ2n) is 7.19. The lowest BCUT2D eigenvalue weighted by molar-refractivity contribution is -0.154. The van der Waals surface area contributed by atoms with Crippen LogP contribution in [0.25, 0.3) is 0 Å². The largest absolute Gasteiger partial charge is 0.463 e. The molecule has 0 aliphatic rings. The van der Waals surface area contributed by atoms with E-state index in [9.17, 15) is 22.8 Å². The molecule has 2 atom stereocenters. The molecule has 33 heavy (non-hydrogen) atoms. The van der Waals surface area contributed by atoms with Gasteiger partial charge in [-0.3, -0.25) is 4.79 Å². The number of rotatable bonds is 8. The van der Waals surface area contributed by atoms with E-state index in [1.165, 1.54) is 43.3 Å². The van der Waals surface area contributed by atoms with E-state index in [1.807, 2.05) is 0 Å². The Morgan fingerprint density at radius 2 is 1.39 bits per heavy atom. The van der Waals surface area contributed by atoms with Crippen LogP contribution in [0.1, 0.15) is 34.5 Å². The molecule has 0 amide bonds. The van der Waals surface area contributed by atoms with E-state index in [2.05, 4.69) is 5.32 Å². The molecule has 3 aromatic carbocycles. The van der Waals surface area contributed by atoms with Crippen molar-refractivity contribution in [2.24, 2.45) is 0 Å². The van der Waals surface area contributed by atoms with Gasteiger partial charge < -0.3 is 10.1 Å². The monoisotopic (exact) mass is 459 g/mol. The second kappa shape index (κ2) is 9.85. The lowest BCUT2D eigenvalue weighted by Gasteiger charge is -2.32. The van der Waals surface area contributed by atoms with Crippen LogP contribution in [-0.2, 0) is 15.7 Å². The molecule has 0 fully saturated rings. The smallest absolute Gasteiger partial charge is 0.416 e. The van der Waals surface area contributed by atoms with Crippen LogP contribution < -0.4 is 5.32 Å². The summed E-state index contributed by atoms with van der Waals surface area (Å²) in [5, 5.41) is 2.74. The summed E-state index contributed by atoms with van der Waals surface area (Å²) in [7, 11) is 0. The predicted octanol–water partition coefficient (Wildman–Crippen LogP) is 6.01. The first-order chi connectivity index (χ1) is 15.7. The third kappa shape index (κ3) is 5.22. The van der Waals surface area contributed by atoms with Gasteiger partial charge >= 0.3 is 12.1 Å². The summed E-state index contributed by atoms with van der Waals surface area (Å²) in [6.07, 6.45) is -4.55. The molecule has 0 aliphatic carbocycles. The Morgan fingerprint density at radius 1 is 0.848 bits per heavy atom. The highest BCUT2D eigenvalue weighted by Gasteiger charge is 2.55. The number of benzene rings is 3. The zero-order valence-corrected chi connectivity index (χ0v) is 17.6. The van der Waals surface area contributed by atoms with E-state index in [4.69, 9.17) is 4.74 Å². The summed E-state index contributed by atoms with van der Waals surface area (Å²) in [5.74, 6) is -2.53. The molecular formula is C25H21F4NO3. The van der Waals surface area contributed by atoms with Crippen LogP contribution >= 0.6 is 0 Å². The van der Waals surface area contributed by atoms with Crippen molar-refractivity contribution in [2.45, 2.75) is 24.8 Å². The van der Waals surface area contributed by atoms with E-state index >= 15 is 4.39 Å². The summed E-state index contributed by atoms with van der Waals surface area (Å²) < 4.78 is 60.4. The number of hydrogen-bond donors (Lipinski definition) is 1. The van der Waals surface area contributed by atoms with Crippen LogP contribution in [-0.4, -0.2) is 24.0 Å². The molecule has 172 valence electrons. The number of ether oxygens (including phenoxy) is 1. The van der Waals surface area contributed by atoms with Gasteiger partial charge in [-0.15, -0.1) is 0 Å². The van der Waals surface area contributed by atoms with Gasteiger partial charge in [0.15, 0.2) is 0 Å². The van der Waals surface area contributed by atoms with Crippen LogP contribution in [0.15, 0.2) is 84.9 Å². The molecule has 0 saturated heterocycles. The van der Waals surface area contributed by atoms with Gasteiger partial charge in [0.05, 0.1) is 12.2 Å². The molecular weight excluding hydrogens is 438 g/mol. The molecule has 0 bridgehead atoms. The number of esters is 1. The molecule has 1 N–H and O–H groups in total. The zero-order valence-electron chi connectivity index (χ0n) is 17.6. The van der Waals surface area contributed by atoms with Crippen molar-refractivity contribution in [3.05, 3.63) is 102 Å². The molecule has 0 radical (unpaired) electrons. The lowest BCUT2D eigenvalue weighted by Crippen LogP contribution is -2.51. The summed E-state index contributed by atoms with van der Waals surface area (Å²) in [5.41, 5.74) is -3.83. The van der Waals surface area contributed by atoms with Crippen molar-refractivity contribution in [3.8, 4) is 0 Å². The normalized spacial score (nSPS) is 14.1. The quantitative estimate of drug-likeness (QED) is 0.194. The Morgan fingerprint density at radius 3 is 1.91 bits per heavy atom. The average molecular weight is 459 g/mol. The van der Waals surface area contributed by atoms with Crippen LogP contribution in [0.3, 0.4) is 0 Å². The molecule has 0 spiro atoms. The van der Waals surface area contributed by atoms with Gasteiger partial charge in [-0.2, -0.15) is 13.2 Å². The first kappa shape index (κ1) is 24.0. The van der Waals surface area contributed by atoms with Gasteiger partial charge in [-0.25, -0.2) is 9.18 Å². The SMILES string of the molecule is CCOC(=O)C(F)(C(=O)c1ccccc1)C(Nc1ccc(C(F)(F)F)cc1)c1ccccc1. The van der Waals surface area contributed by atoms with E-state index < -0.39 is 35.2 Å². The third-order valence-corrected chi connectivity index (χ3v) is 4.99. The Kier molecular flexibility index (Phi) is 7.16. The molecule has 3 rings (SSSR count). The van der Waals surface area contributed by atoms with Crippen LogP contribution in [0.5, 0.6) is 0 Å². The van der Waals surface area contributed by atoms with Crippen molar-refractivity contribution in [1.82, 2.24) is 0 Å². The number of hydrogen-bond acceptors (Lipinski definition) is 4. The van der Waals surface area contributed by atoms with Crippen molar-refractivity contribution >= 4 is 17.4 Å². The van der Waals surface area contributed by atoms with Crippen LogP contribution in [0.4, 0.5) is 23.2 Å². The molecule has 0 heterocycles. The zero-order chi connectivity index (χ0) is 24.1. The fourth-order valence-corrected chi connectivity index (χ4v) is 3.36. The molecule has 4 nitrogen and oxygen atoms in total. The van der Waals surface area contributed by atoms with Gasteiger partial charge in [0.1, 0.15) is 6.04 Å². The van der Waals surface area contributed by atoms with Crippen molar-refractivity contribution in [2.75, 3.05) is 11.9 Å². The summed E-state index contributed by atoms with van der Waals surface area (Å²) >= 11 is 0. The fraction of sp³-hybridized carbons (Fsp3) is 0.200. The first-order valence-corrected chi connectivity index (χ1v) is 10.1. The first-order valence-electron chi connectivity index (χ1n) is 10.1. The summed E-state index contributed by atoms with van der Waals surface area (Å²) in [6, 6.07) is 17.6. The average Bonchev–Trinajstić information content (AvgIpc) is 2.82.